The van der Waals surface area contributed by atoms with Crippen LogP contribution < -0.4 is 15.6 Å². The molecule has 0 bridgehead atoms. The molecule has 1 heterocycles. The summed E-state index contributed by atoms with van der Waals surface area (Å²) in [5, 5.41) is 2.51. The Bertz CT molecular complexity index is 1630. The number of rotatable bonds is 9. The summed E-state index contributed by atoms with van der Waals surface area (Å²) in [6.45, 7) is 1.10. The molecule has 0 spiro atoms. The molecule has 2 N–H and O–H groups in total. The van der Waals surface area contributed by atoms with Crippen LogP contribution in [0.5, 0.6) is 0 Å². The second-order valence-corrected chi connectivity index (χ2v) is 10.2. The summed E-state index contributed by atoms with van der Waals surface area (Å²) in [6.07, 6.45) is 0. The largest absolute Gasteiger partial charge is 0.452 e. The zero-order valence-corrected chi connectivity index (χ0v) is 21.6. The molecule has 3 aromatic carbocycles. The average Bonchev–Trinajstić information content (AvgIpc) is 3.14. The van der Waals surface area contributed by atoms with Crippen LogP contribution in [0.1, 0.15) is 21.6 Å². The second kappa shape index (κ2) is 11.3. The van der Waals surface area contributed by atoms with Crippen molar-refractivity contribution in [3.8, 4) is 5.69 Å². The fraction of sp³-hybridized carbons (Fsp3) is 0.148. The molecule has 0 aliphatic rings. The highest BCUT2D eigenvalue weighted by Gasteiger charge is 2.20. The summed E-state index contributed by atoms with van der Waals surface area (Å²) in [6, 6.07) is 23.3. The van der Waals surface area contributed by atoms with Crippen LogP contribution in [0, 0.1) is 6.92 Å². The zero-order chi connectivity index (χ0) is 27.3. The van der Waals surface area contributed by atoms with Gasteiger partial charge in [0.1, 0.15) is 5.69 Å². The maximum atomic E-state index is 12.9. The van der Waals surface area contributed by atoms with Gasteiger partial charge in [-0.15, -0.1) is 0 Å². The third kappa shape index (κ3) is 5.90. The molecule has 38 heavy (non-hydrogen) atoms. The van der Waals surface area contributed by atoms with Crippen molar-refractivity contribution in [1.82, 2.24) is 14.1 Å². The number of hydrogen-bond acceptors (Lipinski definition) is 6. The van der Waals surface area contributed by atoms with Crippen molar-refractivity contribution >= 4 is 27.6 Å². The van der Waals surface area contributed by atoms with E-state index < -0.39 is 34.1 Å². The summed E-state index contributed by atoms with van der Waals surface area (Å²) in [4.78, 5) is 37.9. The van der Waals surface area contributed by atoms with Gasteiger partial charge in [0.25, 0.3) is 11.5 Å². The van der Waals surface area contributed by atoms with Crippen molar-refractivity contribution in [1.29, 1.82) is 0 Å². The lowest BCUT2D eigenvalue weighted by Crippen LogP contribution is -2.26. The summed E-state index contributed by atoms with van der Waals surface area (Å²) in [5.74, 6) is -1.59. The van der Waals surface area contributed by atoms with Crippen molar-refractivity contribution in [2.45, 2.75) is 18.4 Å². The number of hydrogen-bond donors (Lipinski definition) is 2. The van der Waals surface area contributed by atoms with Crippen molar-refractivity contribution < 1.29 is 22.7 Å². The molecule has 4 rings (SSSR count). The molecular weight excluding hydrogens is 508 g/mol. The van der Waals surface area contributed by atoms with Crippen LogP contribution in [0.15, 0.2) is 94.6 Å². The van der Waals surface area contributed by atoms with Gasteiger partial charge in [-0.3, -0.25) is 14.3 Å². The van der Waals surface area contributed by atoms with Gasteiger partial charge in [0.05, 0.1) is 21.8 Å². The molecule has 10 nitrogen and oxygen atoms in total. The van der Waals surface area contributed by atoms with Gasteiger partial charge in [-0.25, -0.2) is 22.6 Å². The number of carbonyl (C=O) groups excluding carboxylic acids is 2. The van der Waals surface area contributed by atoms with E-state index >= 15 is 0 Å². The van der Waals surface area contributed by atoms with Crippen LogP contribution in [-0.4, -0.2) is 36.3 Å². The van der Waals surface area contributed by atoms with Crippen LogP contribution >= 0.6 is 0 Å². The number of para-hydroxylation sites is 1. The SMILES string of the molecule is Cc1c(NC(=O)COC(=O)c2cccc(S(=O)(=O)NCc3ccccc3)c2)c(=O)n(-c2ccccc2)n1C. The Morgan fingerprint density at radius 3 is 2.26 bits per heavy atom. The molecule has 0 saturated heterocycles. The monoisotopic (exact) mass is 534 g/mol. The Morgan fingerprint density at radius 1 is 0.921 bits per heavy atom. The van der Waals surface area contributed by atoms with Crippen LogP contribution in [0.4, 0.5) is 5.69 Å². The number of carbonyl (C=O) groups is 2. The predicted octanol–water partition coefficient (Wildman–Crippen LogP) is 2.76. The number of ether oxygens (including phenoxy) is 1. The molecule has 0 fully saturated rings. The zero-order valence-electron chi connectivity index (χ0n) is 20.7. The van der Waals surface area contributed by atoms with Gasteiger partial charge in [0.2, 0.25) is 10.0 Å². The van der Waals surface area contributed by atoms with E-state index in [0.717, 1.165) is 5.56 Å². The number of benzene rings is 3. The third-order valence-electron chi connectivity index (χ3n) is 5.84. The highest BCUT2D eigenvalue weighted by molar-refractivity contribution is 7.89. The number of aromatic nitrogens is 2. The van der Waals surface area contributed by atoms with E-state index in [-0.39, 0.29) is 22.7 Å². The highest BCUT2D eigenvalue weighted by Crippen LogP contribution is 2.15. The van der Waals surface area contributed by atoms with Crippen LogP contribution in [-0.2, 0) is 33.1 Å². The molecule has 196 valence electrons. The molecule has 1 aromatic heterocycles. The minimum Gasteiger partial charge on any atom is -0.452 e. The first-order valence-corrected chi connectivity index (χ1v) is 13.1. The maximum absolute atomic E-state index is 12.9. The highest BCUT2D eigenvalue weighted by atomic mass is 32.2. The van der Waals surface area contributed by atoms with E-state index in [1.165, 1.54) is 28.9 Å². The summed E-state index contributed by atoms with van der Waals surface area (Å²) < 4.78 is 36.0. The lowest BCUT2D eigenvalue weighted by atomic mass is 10.2. The molecule has 11 heteroatoms. The van der Waals surface area contributed by atoms with Gasteiger partial charge < -0.3 is 10.1 Å². The first-order chi connectivity index (χ1) is 18.2. The van der Waals surface area contributed by atoms with Gasteiger partial charge in [-0.2, -0.15) is 0 Å². The van der Waals surface area contributed by atoms with Gasteiger partial charge in [0.15, 0.2) is 6.61 Å². The fourth-order valence-electron chi connectivity index (χ4n) is 3.75. The van der Waals surface area contributed by atoms with Gasteiger partial charge in [-0.1, -0.05) is 54.6 Å². The van der Waals surface area contributed by atoms with E-state index in [0.29, 0.717) is 11.4 Å². The Kier molecular flexibility index (Phi) is 7.89. The van der Waals surface area contributed by atoms with Crippen molar-refractivity contribution in [3.05, 3.63) is 112 Å². The van der Waals surface area contributed by atoms with Crippen molar-refractivity contribution in [3.63, 3.8) is 0 Å². The van der Waals surface area contributed by atoms with Crippen LogP contribution in [0.2, 0.25) is 0 Å². The maximum Gasteiger partial charge on any atom is 0.338 e. The Balaban J connectivity index is 1.40. The van der Waals surface area contributed by atoms with Gasteiger partial charge in [0, 0.05) is 13.6 Å². The van der Waals surface area contributed by atoms with E-state index in [9.17, 15) is 22.8 Å². The van der Waals surface area contributed by atoms with Gasteiger partial charge in [-0.05, 0) is 42.8 Å². The van der Waals surface area contributed by atoms with E-state index in [4.69, 9.17) is 4.74 Å². The smallest absolute Gasteiger partial charge is 0.338 e. The summed E-state index contributed by atoms with van der Waals surface area (Å²) in [5.41, 5.74) is 1.51. The number of anilines is 1. The van der Waals surface area contributed by atoms with Gasteiger partial charge >= 0.3 is 5.97 Å². The summed E-state index contributed by atoms with van der Waals surface area (Å²) in [7, 11) is -2.21. The third-order valence-corrected chi connectivity index (χ3v) is 7.24. The van der Waals surface area contributed by atoms with Crippen LogP contribution in [0.25, 0.3) is 5.69 Å². The quantitative estimate of drug-likeness (QED) is 0.318. The number of nitrogens with one attached hydrogen (secondary N) is 2. The molecule has 4 aromatic rings. The minimum atomic E-state index is -3.90. The topological polar surface area (TPSA) is 128 Å². The molecule has 0 radical (unpaired) electrons. The average molecular weight is 535 g/mol. The standard InChI is InChI=1S/C27H26N4O6S/c1-19-25(26(33)31(30(19)2)22-13-7-4-8-14-22)29-24(32)18-37-27(34)21-12-9-15-23(16-21)38(35,36)28-17-20-10-5-3-6-11-20/h3-16,28H,17-18H2,1-2H3,(H,29,32). The van der Waals surface area contributed by atoms with Crippen molar-refractivity contribution in [2.24, 2.45) is 7.05 Å². The summed E-state index contributed by atoms with van der Waals surface area (Å²) >= 11 is 0. The van der Waals surface area contributed by atoms with E-state index in [2.05, 4.69) is 10.0 Å². The Labute approximate surface area is 219 Å². The van der Waals surface area contributed by atoms with E-state index in [1.54, 1.807) is 67.2 Å². The molecule has 0 aliphatic heterocycles. The second-order valence-electron chi connectivity index (χ2n) is 8.40. The number of esters is 1. The molecule has 0 aliphatic carbocycles. The molecule has 0 unspecified atom stereocenters. The lowest BCUT2D eigenvalue weighted by molar-refractivity contribution is -0.119. The van der Waals surface area contributed by atoms with Crippen LogP contribution in [0.3, 0.4) is 0 Å². The normalized spacial score (nSPS) is 11.2. The Hall–Kier alpha value is -4.48. The Morgan fingerprint density at radius 2 is 1.58 bits per heavy atom. The van der Waals surface area contributed by atoms with E-state index in [1.807, 2.05) is 12.1 Å². The lowest BCUT2D eigenvalue weighted by Gasteiger charge is -2.09. The minimum absolute atomic E-state index is 0.0392. The molecule has 0 saturated carbocycles. The number of amides is 1. The first-order valence-electron chi connectivity index (χ1n) is 11.6. The first kappa shape index (κ1) is 26.6. The fourth-order valence-corrected chi connectivity index (χ4v) is 4.81. The van der Waals surface area contributed by atoms with Crippen molar-refractivity contribution in [2.75, 3.05) is 11.9 Å². The molecule has 1 amide bonds. The number of nitrogens with zero attached hydrogens (tertiary/aromatic N) is 2. The number of sulfonamides is 1. The molecule has 0 atom stereocenters. The molecular formula is C27H26N4O6S. The predicted molar refractivity (Wildman–Crippen MR) is 142 cm³/mol.